The molecule has 0 atom stereocenters. The molecule has 3 amide bonds. The fourth-order valence-corrected chi connectivity index (χ4v) is 4.39. The molecule has 0 aliphatic carbocycles. The van der Waals surface area contributed by atoms with Crippen LogP contribution in [0, 0.1) is 5.82 Å². The van der Waals surface area contributed by atoms with Gasteiger partial charge < -0.3 is 24.8 Å². The SMILES string of the molecule is CCCN(CC(=O)N(CCc1c[nH]c2ccccc12)Cc1ccc(OC)cc1)C(=O)Nc1cccc(F)c1. The number of methoxy groups -OCH3 is 1. The minimum absolute atomic E-state index is 0.0843. The molecule has 0 spiro atoms. The molecule has 3 aromatic carbocycles. The van der Waals surface area contributed by atoms with Crippen molar-refractivity contribution in [3.63, 3.8) is 0 Å². The first-order valence-corrected chi connectivity index (χ1v) is 12.7. The normalized spacial score (nSPS) is 10.8. The van der Waals surface area contributed by atoms with Crippen LogP contribution >= 0.6 is 0 Å². The monoisotopic (exact) mass is 516 g/mol. The second-order valence-corrected chi connectivity index (χ2v) is 9.13. The molecule has 0 saturated carbocycles. The van der Waals surface area contributed by atoms with Crippen LogP contribution in [-0.4, -0.2) is 53.5 Å². The zero-order chi connectivity index (χ0) is 26.9. The number of aromatic amines is 1. The molecule has 1 heterocycles. The summed E-state index contributed by atoms with van der Waals surface area (Å²) >= 11 is 0. The van der Waals surface area contributed by atoms with E-state index in [0.29, 0.717) is 38.2 Å². The molecule has 0 fully saturated rings. The number of halogens is 1. The van der Waals surface area contributed by atoms with Crippen molar-refractivity contribution in [3.8, 4) is 5.75 Å². The van der Waals surface area contributed by atoms with E-state index in [2.05, 4.69) is 16.4 Å². The summed E-state index contributed by atoms with van der Waals surface area (Å²) in [5.41, 5.74) is 3.49. The summed E-state index contributed by atoms with van der Waals surface area (Å²) in [6.07, 6.45) is 3.32. The number of rotatable bonds is 11. The molecular formula is C30H33FN4O3. The van der Waals surface area contributed by atoms with Crippen LogP contribution in [0.15, 0.2) is 79.0 Å². The summed E-state index contributed by atoms with van der Waals surface area (Å²) in [5.74, 6) is 0.140. The molecule has 2 N–H and O–H groups in total. The molecule has 0 aliphatic heterocycles. The van der Waals surface area contributed by atoms with Crippen LogP contribution < -0.4 is 10.1 Å². The Kier molecular flexibility index (Phi) is 8.98. The van der Waals surface area contributed by atoms with E-state index in [1.807, 2.05) is 55.6 Å². The van der Waals surface area contributed by atoms with E-state index >= 15 is 0 Å². The molecule has 4 rings (SSSR count). The fourth-order valence-electron chi connectivity index (χ4n) is 4.39. The van der Waals surface area contributed by atoms with Crippen LogP contribution in [0.5, 0.6) is 5.75 Å². The minimum atomic E-state index is -0.441. The summed E-state index contributed by atoms with van der Waals surface area (Å²) in [5, 5.41) is 3.84. The smallest absolute Gasteiger partial charge is 0.322 e. The summed E-state index contributed by atoms with van der Waals surface area (Å²) in [6.45, 7) is 3.14. The number of carbonyl (C=O) groups is 2. The summed E-state index contributed by atoms with van der Waals surface area (Å²) in [6, 6.07) is 21.0. The van der Waals surface area contributed by atoms with Gasteiger partial charge in [0, 0.05) is 42.4 Å². The second-order valence-electron chi connectivity index (χ2n) is 9.13. The first kappa shape index (κ1) is 26.7. The Hall–Kier alpha value is -4.33. The number of benzene rings is 3. The standard InChI is InChI=1S/C30H33FN4O3/c1-3-16-35(30(37)33-25-8-6-7-24(31)18-25)21-29(36)34(20-22-11-13-26(38-2)14-12-22)17-15-23-19-32-28-10-5-4-9-27(23)28/h4-14,18-19,32H,3,15-17,20-21H2,1-2H3,(H,33,37). The van der Waals surface area contributed by atoms with E-state index in [1.165, 1.54) is 23.1 Å². The van der Waals surface area contributed by atoms with E-state index in [0.717, 1.165) is 27.8 Å². The minimum Gasteiger partial charge on any atom is -0.497 e. The number of aromatic nitrogens is 1. The van der Waals surface area contributed by atoms with E-state index in [1.54, 1.807) is 18.1 Å². The Morgan fingerprint density at radius 1 is 0.974 bits per heavy atom. The highest BCUT2D eigenvalue weighted by molar-refractivity contribution is 5.92. The average molecular weight is 517 g/mol. The lowest BCUT2D eigenvalue weighted by Gasteiger charge is -2.28. The summed E-state index contributed by atoms with van der Waals surface area (Å²) in [7, 11) is 1.61. The highest BCUT2D eigenvalue weighted by Gasteiger charge is 2.22. The number of amides is 3. The van der Waals surface area contributed by atoms with Crippen molar-refractivity contribution in [3.05, 3.63) is 95.9 Å². The van der Waals surface area contributed by atoms with Crippen molar-refractivity contribution in [2.24, 2.45) is 0 Å². The predicted octanol–water partition coefficient (Wildman–Crippen LogP) is 5.83. The third-order valence-corrected chi connectivity index (χ3v) is 6.39. The number of urea groups is 1. The molecule has 0 unspecified atom stereocenters. The van der Waals surface area contributed by atoms with Crippen LogP contribution in [0.25, 0.3) is 10.9 Å². The summed E-state index contributed by atoms with van der Waals surface area (Å²) < 4.78 is 18.9. The van der Waals surface area contributed by atoms with Gasteiger partial charge in [0.15, 0.2) is 0 Å². The largest absolute Gasteiger partial charge is 0.497 e. The van der Waals surface area contributed by atoms with Crippen molar-refractivity contribution < 1.29 is 18.7 Å². The molecule has 0 saturated heterocycles. The number of hydrogen-bond acceptors (Lipinski definition) is 3. The Morgan fingerprint density at radius 2 is 1.76 bits per heavy atom. The van der Waals surface area contributed by atoms with Crippen LogP contribution in [-0.2, 0) is 17.8 Å². The van der Waals surface area contributed by atoms with Gasteiger partial charge in [-0.3, -0.25) is 4.79 Å². The molecule has 4 aromatic rings. The van der Waals surface area contributed by atoms with Crippen LogP contribution in [0.2, 0.25) is 0 Å². The molecule has 8 heteroatoms. The third-order valence-electron chi connectivity index (χ3n) is 6.39. The zero-order valence-corrected chi connectivity index (χ0v) is 21.7. The van der Waals surface area contributed by atoms with Gasteiger partial charge in [-0.15, -0.1) is 0 Å². The number of hydrogen-bond donors (Lipinski definition) is 2. The van der Waals surface area contributed by atoms with Crippen molar-refractivity contribution in [2.45, 2.75) is 26.3 Å². The van der Waals surface area contributed by atoms with Gasteiger partial charge in [-0.25, -0.2) is 9.18 Å². The average Bonchev–Trinajstić information content (AvgIpc) is 3.34. The number of ether oxygens (including phenoxy) is 1. The van der Waals surface area contributed by atoms with Gasteiger partial charge in [0.05, 0.1) is 7.11 Å². The number of fused-ring (bicyclic) bond motifs is 1. The zero-order valence-electron chi connectivity index (χ0n) is 21.7. The van der Waals surface area contributed by atoms with Gasteiger partial charge in [0.25, 0.3) is 0 Å². The lowest BCUT2D eigenvalue weighted by molar-refractivity contribution is -0.132. The fraction of sp³-hybridized carbons (Fsp3) is 0.267. The number of anilines is 1. The maximum Gasteiger partial charge on any atom is 0.322 e. The van der Waals surface area contributed by atoms with Gasteiger partial charge in [-0.1, -0.05) is 43.3 Å². The van der Waals surface area contributed by atoms with E-state index in [9.17, 15) is 14.0 Å². The van der Waals surface area contributed by atoms with Gasteiger partial charge in [0.2, 0.25) is 5.91 Å². The highest BCUT2D eigenvalue weighted by Crippen LogP contribution is 2.20. The lowest BCUT2D eigenvalue weighted by Crippen LogP contribution is -2.45. The van der Waals surface area contributed by atoms with Gasteiger partial charge in [-0.05, 0) is 60.4 Å². The Morgan fingerprint density at radius 3 is 2.50 bits per heavy atom. The van der Waals surface area contributed by atoms with E-state index < -0.39 is 11.8 Å². The third kappa shape index (κ3) is 6.91. The number of para-hydroxylation sites is 1. The summed E-state index contributed by atoms with van der Waals surface area (Å²) in [4.78, 5) is 33.1. The maximum absolute atomic E-state index is 13.6. The first-order valence-electron chi connectivity index (χ1n) is 12.7. The molecule has 38 heavy (non-hydrogen) atoms. The first-order chi connectivity index (χ1) is 18.5. The second kappa shape index (κ2) is 12.8. The number of nitrogens with zero attached hydrogens (tertiary/aromatic N) is 2. The quantitative estimate of drug-likeness (QED) is 0.263. The van der Waals surface area contributed by atoms with E-state index in [4.69, 9.17) is 4.74 Å². The molecular weight excluding hydrogens is 483 g/mol. The van der Waals surface area contributed by atoms with Crippen molar-refractivity contribution in [2.75, 3.05) is 32.1 Å². The predicted molar refractivity (Wildman–Crippen MR) is 148 cm³/mol. The van der Waals surface area contributed by atoms with Gasteiger partial charge >= 0.3 is 6.03 Å². The number of nitrogens with one attached hydrogen (secondary N) is 2. The van der Waals surface area contributed by atoms with Gasteiger partial charge in [-0.2, -0.15) is 0 Å². The molecule has 0 aliphatic rings. The molecule has 0 bridgehead atoms. The van der Waals surface area contributed by atoms with Crippen LogP contribution in [0.1, 0.15) is 24.5 Å². The Balaban J connectivity index is 1.50. The Bertz CT molecular complexity index is 1370. The highest BCUT2D eigenvalue weighted by atomic mass is 19.1. The topological polar surface area (TPSA) is 77.7 Å². The number of H-pyrrole nitrogens is 1. The molecule has 198 valence electrons. The number of carbonyl (C=O) groups excluding carboxylic acids is 2. The van der Waals surface area contributed by atoms with Crippen molar-refractivity contribution >= 4 is 28.5 Å². The van der Waals surface area contributed by atoms with Crippen molar-refractivity contribution in [1.29, 1.82) is 0 Å². The van der Waals surface area contributed by atoms with Crippen LogP contribution in [0.3, 0.4) is 0 Å². The van der Waals surface area contributed by atoms with E-state index in [-0.39, 0.29) is 12.5 Å². The molecule has 7 nitrogen and oxygen atoms in total. The molecule has 1 aromatic heterocycles. The molecule has 0 radical (unpaired) electrons. The lowest BCUT2D eigenvalue weighted by atomic mass is 10.1. The Labute approximate surface area is 222 Å². The maximum atomic E-state index is 13.6. The van der Waals surface area contributed by atoms with Crippen molar-refractivity contribution in [1.82, 2.24) is 14.8 Å². The van der Waals surface area contributed by atoms with Gasteiger partial charge in [0.1, 0.15) is 18.1 Å². The van der Waals surface area contributed by atoms with Crippen LogP contribution in [0.4, 0.5) is 14.9 Å².